The molecule has 27 heavy (non-hydrogen) atoms. The van der Waals surface area contributed by atoms with Crippen LogP contribution in [0.15, 0.2) is 40.6 Å². The third-order valence-electron chi connectivity index (χ3n) is 4.54. The molecule has 0 bridgehead atoms. The number of sulfonamides is 1. The minimum Gasteiger partial charge on any atom is -0.496 e. The zero-order chi connectivity index (χ0) is 19.3. The Bertz CT molecular complexity index is 887. The van der Waals surface area contributed by atoms with Gasteiger partial charge in [-0.3, -0.25) is 4.79 Å². The van der Waals surface area contributed by atoms with Crippen molar-refractivity contribution in [3.8, 4) is 5.75 Å². The maximum absolute atomic E-state index is 12.5. The number of rotatable bonds is 8. The normalized spacial score (nSPS) is 15.0. The molecule has 0 spiro atoms. The molecule has 0 aliphatic carbocycles. The molecule has 1 aliphatic rings. The molecule has 1 aromatic carbocycles. The van der Waals surface area contributed by atoms with E-state index in [-0.39, 0.29) is 12.3 Å². The zero-order valence-electron chi connectivity index (χ0n) is 15.3. The van der Waals surface area contributed by atoms with Gasteiger partial charge in [-0.15, -0.1) is 11.3 Å². The van der Waals surface area contributed by atoms with Crippen LogP contribution in [0.4, 0.5) is 0 Å². The molecule has 1 aliphatic heterocycles. The van der Waals surface area contributed by atoms with Crippen LogP contribution in [0, 0.1) is 0 Å². The fraction of sp³-hybridized carbons (Fsp3) is 0.421. The number of ether oxygens (including phenoxy) is 1. The van der Waals surface area contributed by atoms with Gasteiger partial charge < -0.3 is 10.1 Å². The van der Waals surface area contributed by atoms with E-state index in [2.05, 4.69) is 5.32 Å². The van der Waals surface area contributed by atoms with Crippen LogP contribution in [0.1, 0.15) is 23.3 Å². The number of methoxy groups -OCH3 is 1. The largest absolute Gasteiger partial charge is 0.496 e. The van der Waals surface area contributed by atoms with Gasteiger partial charge in [-0.05, 0) is 43.0 Å². The Morgan fingerprint density at radius 3 is 2.67 bits per heavy atom. The summed E-state index contributed by atoms with van der Waals surface area (Å²) >= 11 is 1.18. The van der Waals surface area contributed by atoms with Gasteiger partial charge in [-0.1, -0.05) is 18.2 Å². The second-order valence-corrected chi connectivity index (χ2v) is 9.75. The Kier molecular flexibility index (Phi) is 6.51. The van der Waals surface area contributed by atoms with Crippen LogP contribution in [0.5, 0.6) is 5.75 Å². The van der Waals surface area contributed by atoms with E-state index in [1.165, 1.54) is 15.6 Å². The summed E-state index contributed by atoms with van der Waals surface area (Å²) in [6.07, 6.45) is 2.68. The minimum atomic E-state index is -3.41. The number of carbonyl (C=O) groups is 1. The highest BCUT2D eigenvalue weighted by Crippen LogP contribution is 2.27. The lowest BCUT2D eigenvalue weighted by Gasteiger charge is -2.13. The van der Waals surface area contributed by atoms with Crippen molar-refractivity contribution in [1.29, 1.82) is 0 Å². The monoisotopic (exact) mass is 408 g/mol. The van der Waals surface area contributed by atoms with Gasteiger partial charge in [0.1, 0.15) is 9.96 Å². The molecule has 1 aromatic heterocycles. The number of para-hydroxylation sites is 1. The number of hydrogen-bond acceptors (Lipinski definition) is 5. The summed E-state index contributed by atoms with van der Waals surface area (Å²) < 4.78 is 32.2. The molecule has 2 heterocycles. The van der Waals surface area contributed by atoms with E-state index in [0.29, 0.717) is 30.3 Å². The van der Waals surface area contributed by atoms with E-state index < -0.39 is 10.0 Å². The lowest BCUT2D eigenvalue weighted by molar-refractivity contribution is -0.120. The third kappa shape index (κ3) is 4.88. The van der Waals surface area contributed by atoms with Crippen molar-refractivity contribution in [1.82, 2.24) is 9.62 Å². The van der Waals surface area contributed by atoms with Gasteiger partial charge in [0.05, 0.1) is 13.5 Å². The number of amides is 1. The van der Waals surface area contributed by atoms with Gasteiger partial charge in [-0.2, -0.15) is 4.31 Å². The first-order chi connectivity index (χ1) is 13.0. The van der Waals surface area contributed by atoms with Crippen LogP contribution >= 0.6 is 11.3 Å². The van der Waals surface area contributed by atoms with Crippen molar-refractivity contribution in [2.24, 2.45) is 0 Å². The zero-order valence-corrected chi connectivity index (χ0v) is 16.9. The summed E-state index contributed by atoms with van der Waals surface area (Å²) in [5.41, 5.74) is 1.04. The van der Waals surface area contributed by atoms with E-state index in [1.54, 1.807) is 19.2 Å². The molecule has 1 amide bonds. The molecule has 1 N–H and O–H groups in total. The van der Waals surface area contributed by atoms with Gasteiger partial charge in [-0.25, -0.2) is 8.42 Å². The molecule has 6 nitrogen and oxygen atoms in total. The molecule has 0 radical (unpaired) electrons. The quantitative estimate of drug-likeness (QED) is 0.728. The SMILES string of the molecule is COc1ccccc1CCNC(=O)Cc1ccc(S(=O)(=O)N2CCCC2)s1. The molecule has 0 unspecified atom stereocenters. The second kappa shape index (κ2) is 8.86. The first-order valence-electron chi connectivity index (χ1n) is 8.98. The first kappa shape index (κ1) is 19.9. The van der Waals surface area contributed by atoms with Gasteiger partial charge in [0.25, 0.3) is 10.0 Å². The highest BCUT2D eigenvalue weighted by atomic mass is 32.2. The lowest BCUT2D eigenvalue weighted by Crippen LogP contribution is -2.27. The summed E-state index contributed by atoms with van der Waals surface area (Å²) in [7, 11) is -1.78. The van der Waals surface area contributed by atoms with E-state index in [9.17, 15) is 13.2 Å². The molecular formula is C19H24N2O4S2. The predicted molar refractivity (Wildman–Crippen MR) is 106 cm³/mol. The van der Waals surface area contributed by atoms with Crippen LogP contribution < -0.4 is 10.1 Å². The molecule has 1 saturated heterocycles. The lowest BCUT2D eigenvalue weighted by atomic mass is 10.1. The topological polar surface area (TPSA) is 75.7 Å². The van der Waals surface area contributed by atoms with E-state index in [0.717, 1.165) is 29.0 Å². The summed E-state index contributed by atoms with van der Waals surface area (Å²) in [6.45, 7) is 1.67. The number of nitrogens with one attached hydrogen (secondary N) is 1. The fourth-order valence-corrected chi connectivity index (χ4v) is 6.14. The fourth-order valence-electron chi connectivity index (χ4n) is 3.11. The molecule has 1 fully saturated rings. The van der Waals surface area contributed by atoms with Crippen LogP contribution in [-0.4, -0.2) is 45.4 Å². The van der Waals surface area contributed by atoms with E-state index >= 15 is 0 Å². The van der Waals surface area contributed by atoms with Crippen LogP contribution in [0.3, 0.4) is 0 Å². The van der Waals surface area contributed by atoms with E-state index in [4.69, 9.17) is 4.74 Å². The van der Waals surface area contributed by atoms with Crippen LogP contribution in [0.2, 0.25) is 0 Å². The highest BCUT2D eigenvalue weighted by molar-refractivity contribution is 7.91. The first-order valence-corrected chi connectivity index (χ1v) is 11.2. The van der Waals surface area contributed by atoms with Crippen molar-refractivity contribution in [3.05, 3.63) is 46.8 Å². The standard InChI is InChI=1S/C19H24N2O4S2/c1-25-17-7-3-2-6-15(17)10-11-20-18(22)14-16-8-9-19(26-16)27(23,24)21-12-4-5-13-21/h2-3,6-9H,4-5,10-14H2,1H3,(H,20,22). The number of thiophene rings is 1. The summed E-state index contributed by atoms with van der Waals surface area (Å²) in [5, 5.41) is 2.89. The van der Waals surface area contributed by atoms with Gasteiger partial charge in [0.15, 0.2) is 0 Å². The van der Waals surface area contributed by atoms with Gasteiger partial charge in [0, 0.05) is 24.5 Å². The molecule has 8 heteroatoms. The maximum atomic E-state index is 12.5. The Balaban J connectivity index is 1.52. The van der Waals surface area contributed by atoms with Crippen molar-refractivity contribution in [2.45, 2.75) is 29.9 Å². The summed E-state index contributed by atoms with van der Waals surface area (Å²) in [4.78, 5) is 12.9. The Labute approximate surface area is 164 Å². The number of nitrogens with zero attached hydrogens (tertiary/aromatic N) is 1. The molecule has 146 valence electrons. The van der Waals surface area contributed by atoms with Gasteiger partial charge >= 0.3 is 0 Å². The van der Waals surface area contributed by atoms with Crippen molar-refractivity contribution < 1.29 is 17.9 Å². The highest BCUT2D eigenvalue weighted by Gasteiger charge is 2.28. The molecular weight excluding hydrogens is 384 g/mol. The van der Waals surface area contributed by atoms with Crippen molar-refractivity contribution in [3.63, 3.8) is 0 Å². The average molecular weight is 409 g/mol. The Morgan fingerprint density at radius 1 is 1.19 bits per heavy atom. The minimum absolute atomic E-state index is 0.114. The molecule has 0 saturated carbocycles. The molecule has 0 atom stereocenters. The smallest absolute Gasteiger partial charge is 0.252 e. The maximum Gasteiger partial charge on any atom is 0.252 e. The Morgan fingerprint density at radius 2 is 1.93 bits per heavy atom. The van der Waals surface area contributed by atoms with Crippen LogP contribution in [-0.2, 0) is 27.7 Å². The third-order valence-corrected chi connectivity index (χ3v) is 7.99. The van der Waals surface area contributed by atoms with Crippen molar-refractivity contribution >= 4 is 27.3 Å². The summed E-state index contributed by atoms with van der Waals surface area (Å²) in [6, 6.07) is 11.0. The van der Waals surface area contributed by atoms with E-state index in [1.807, 2.05) is 24.3 Å². The Hall–Kier alpha value is -1.90. The summed E-state index contributed by atoms with van der Waals surface area (Å²) in [5.74, 6) is 0.693. The van der Waals surface area contributed by atoms with Crippen molar-refractivity contribution in [2.75, 3.05) is 26.7 Å². The molecule has 3 rings (SSSR count). The molecule has 2 aromatic rings. The van der Waals surface area contributed by atoms with Gasteiger partial charge in [0.2, 0.25) is 5.91 Å². The number of carbonyl (C=O) groups excluding carboxylic acids is 1. The predicted octanol–water partition coefficient (Wildman–Crippen LogP) is 2.44. The number of hydrogen-bond donors (Lipinski definition) is 1. The number of benzene rings is 1. The average Bonchev–Trinajstić information content (AvgIpc) is 3.34. The second-order valence-electron chi connectivity index (χ2n) is 6.42. The van der Waals surface area contributed by atoms with Crippen LogP contribution in [0.25, 0.3) is 0 Å².